The van der Waals surface area contributed by atoms with Gasteiger partial charge in [-0.1, -0.05) is 20.8 Å². The first-order chi connectivity index (χ1) is 16.2. The highest BCUT2D eigenvalue weighted by Gasteiger charge is 2.34. The second-order valence-electron chi connectivity index (χ2n) is 10.1. The van der Waals surface area contributed by atoms with Crippen LogP contribution in [0.1, 0.15) is 49.2 Å². The number of ether oxygens (including phenoxy) is 1. The fraction of sp³-hybridized carbons (Fsp3) is 0.385. The van der Waals surface area contributed by atoms with Crippen LogP contribution < -0.4 is 15.1 Å². The zero-order chi connectivity index (χ0) is 24.2. The van der Waals surface area contributed by atoms with Gasteiger partial charge in [-0.05, 0) is 36.0 Å². The van der Waals surface area contributed by atoms with E-state index in [1.165, 1.54) is 12.3 Å². The van der Waals surface area contributed by atoms with Crippen molar-refractivity contribution in [3.8, 4) is 28.1 Å². The van der Waals surface area contributed by atoms with Crippen LogP contribution in [0.4, 0.5) is 5.95 Å². The molecule has 3 aromatic rings. The van der Waals surface area contributed by atoms with Gasteiger partial charge in [0.2, 0.25) is 5.95 Å². The summed E-state index contributed by atoms with van der Waals surface area (Å²) in [5.74, 6) is 0.171. The van der Waals surface area contributed by atoms with Crippen LogP contribution in [0.3, 0.4) is 0 Å². The average Bonchev–Trinajstić information content (AvgIpc) is 2.75. The summed E-state index contributed by atoms with van der Waals surface area (Å²) in [6.45, 7) is 8.34. The molecule has 2 aliphatic rings. The van der Waals surface area contributed by atoms with Crippen LogP contribution >= 0.6 is 0 Å². The van der Waals surface area contributed by atoms with Crippen LogP contribution in [0.2, 0.25) is 0 Å². The minimum absolute atomic E-state index is 0.0278. The summed E-state index contributed by atoms with van der Waals surface area (Å²) in [7, 11) is 1.61. The molecule has 1 fully saturated rings. The van der Waals surface area contributed by atoms with E-state index in [4.69, 9.17) is 4.74 Å². The van der Waals surface area contributed by atoms with Gasteiger partial charge < -0.3 is 19.3 Å². The van der Waals surface area contributed by atoms with E-state index < -0.39 is 11.4 Å². The molecule has 0 saturated carbocycles. The monoisotopic (exact) mass is 460 g/mol. The number of carboxylic acid groups (broad SMARTS) is 1. The van der Waals surface area contributed by atoms with Crippen LogP contribution in [-0.2, 0) is 6.42 Å². The predicted molar refractivity (Wildman–Crippen MR) is 130 cm³/mol. The Morgan fingerprint density at radius 3 is 2.38 bits per heavy atom. The van der Waals surface area contributed by atoms with Gasteiger partial charge in [-0.25, -0.2) is 14.8 Å². The summed E-state index contributed by atoms with van der Waals surface area (Å²) in [6, 6.07) is 5.43. The molecular weight excluding hydrogens is 432 g/mol. The average molecular weight is 461 g/mol. The summed E-state index contributed by atoms with van der Waals surface area (Å²) in [5, 5.41) is 9.52. The van der Waals surface area contributed by atoms with Crippen molar-refractivity contribution in [1.82, 2.24) is 14.5 Å². The largest absolute Gasteiger partial charge is 0.496 e. The summed E-state index contributed by atoms with van der Waals surface area (Å²) in [5.41, 5.74) is 3.51. The lowest BCUT2D eigenvalue weighted by Crippen LogP contribution is -2.38. The first-order valence-electron chi connectivity index (χ1n) is 11.5. The van der Waals surface area contributed by atoms with Crippen molar-refractivity contribution in [2.24, 2.45) is 5.41 Å². The number of hydrogen-bond acceptors (Lipinski definition) is 6. The van der Waals surface area contributed by atoms with E-state index >= 15 is 0 Å². The Kier molecular flexibility index (Phi) is 5.19. The number of carboxylic acids is 1. The number of pyridine rings is 1. The molecule has 1 saturated heterocycles. The maximum absolute atomic E-state index is 12.6. The third-order valence-electron chi connectivity index (χ3n) is 6.85. The quantitative estimate of drug-likeness (QED) is 0.628. The number of methoxy groups -OCH3 is 1. The molecule has 0 spiro atoms. The fourth-order valence-corrected chi connectivity index (χ4v) is 4.78. The van der Waals surface area contributed by atoms with Crippen molar-refractivity contribution >= 4 is 11.9 Å². The van der Waals surface area contributed by atoms with Crippen LogP contribution in [0, 0.1) is 5.41 Å². The van der Waals surface area contributed by atoms with E-state index in [2.05, 4.69) is 41.7 Å². The van der Waals surface area contributed by atoms with Gasteiger partial charge in [-0.2, -0.15) is 0 Å². The predicted octanol–water partition coefficient (Wildman–Crippen LogP) is 4.03. The van der Waals surface area contributed by atoms with E-state index in [0.29, 0.717) is 17.9 Å². The second-order valence-corrected chi connectivity index (χ2v) is 10.1. The van der Waals surface area contributed by atoms with Crippen LogP contribution in [0.5, 0.6) is 5.75 Å². The molecule has 1 N–H and O–H groups in total. The lowest BCUT2D eigenvalue weighted by molar-refractivity contribution is 0.0693. The van der Waals surface area contributed by atoms with Gasteiger partial charge in [-0.3, -0.25) is 4.79 Å². The van der Waals surface area contributed by atoms with E-state index in [0.717, 1.165) is 47.7 Å². The highest BCUT2D eigenvalue weighted by Crippen LogP contribution is 2.45. The second kappa shape index (κ2) is 7.97. The van der Waals surface area contributed by atoms with Crippen molar-refractivity contribution < 1.29 is 14.6 Å². The van der Waals surface area contributed by atoms with Crippen LogP contribution in [0.25, 0.3) is 22.4 Å². The molecule has 8 nitrogen and oxygen atoms in total. The first-order valence-corrected chi connectivity index (χ1v) is 11.5. The number of carbonyl (C=O) groups is 1. The molecule has 176 valence electrons. The van der Waals surface area contributed by atoms with E-state index in [9.17, 15) is 14.7 Å². The number of rotatable bonds is 4. The summed E-state index contributed by atoms with van der Waals surface area (Å²) in [4.78, 5) is 35.5. The molecule has 0 radical (unpaired) electrons. The summed E-state index contributed by atoms with van der Waals surface area (Å²) < 4.78 is 7.67. The number of nitrogens with zero attached hydrogens (tertiary/aromatic N) is 4. The van der Waals surface area contributed by atoms with Crippen LogP contribution in [0.15, 0.2) is 41.6 Å². The third kappa shape index (κ3) is 3.63. The molecule has 0 aliphatic carbocycles. The normalized spacial score (nSPS) is 16.9. The van der Waals surface area contributed by atoms with Gasteiger partial charge >= 0.3 is 5.97 Å². The van der Waals surface area contributed by atoms with Gasteiger partial charge in [0.25, 0.3) is 0 Å². The minimum atomic E-state index is -1.21. The molecule has 2 aromatic heterocycles. The molecule has 0 amide bonds. The van der Waals surface area contributed by atoms with Gasteiger partial charge in [0, 0.05) is 60.5 Å². The fourth-order valence-electron chi connectivity index (χ4n) is 4.78. The lowest BCUT2D eigenvalue weighted by atomic mass is 9.78. The van der Waals surface area contributed by atoms with E-state index in [-0.39, 0.29) is 17.0 Å². The molecule has 0 bridgehead atoms. The number of hydrogen-bond donors (Lipinski definition) is 1. The Balaban J connectivity index is 1.66. The highest BCUT2D eigenvalue weighted by molar-refractivity contribution is 5.88. The topological polar surface area (TPSA) is 97.6 Å². The first kappa shape index (κ1) is 22.1. The zero-order valence-electron chi connectivity index (χ0n) is 19.8. The molecule has 1 unspecified atom stereocenters. The van der Waals surface area contributed by atoms with E-state index in [1.807, 2.05) is 23.0 Å². The molecule has 4 heterocycles. The maximum atomic E-state index is 12.6. The van der Waals surface area contributed by atoms with Gasteiger partial charge in [-0.15, -0.1) is 0 Å². The summed E-state index contributed by atoms with van der Waals surface area (Å²) in [6.07, 6.45) is 7.00. The molecule has 5 rings (SSSR count). The number of fused-ring (bicyclic) bond motifs is 3. The Labute approximate surface area is 197 Å². The number of aromatic nitrogens is 3. The van der Waals surface area contributed by atoms with Gasteiger partial charge in [0.15, 0.2) is 5.43 Å². The zero-order valence-corrected chi connectivity index (χ0v) is 19.8. The van der Waals surface area contributed by atoms with Crippen molar-refractivity contribution in [3.05, 3.63) is 58.1 Å². The minimum Gasteiger partial charge on any atom is -0.496 e. The van der Waals surface area contributed by atoms with Crippen molar-refractivity contribution in [1.29, 1.82) is 0 Å². The van der Waals surface area contributed by atoms with Crippen molar-refractivity contribution in [3.63, 3.8) is 0 Å². The Morgan fingerprint density at radius 2 is 1.82 bits per heavy atom. The molecule has 1 aromatic carbocycles. The SMILES string of the molecule is COc1cc2c(cc1-c1cnc(N3CCC3)nc1)CC(C(C)(C)C)n1cc(C(=O)O)c(=O)cc1-2. The maximum Gasteiger partial charge on any atom is 0.341 e. The Bertz CT molecular complexity index is 1330. The molecule has 2 aliphatic heterocycles. The molecule has 34 heavy (non-hydrogen) atoms. The molecule has 1 atom stereocenters. The number of aromatic carboxylic acids is 1. The summed E-state index contributed by atoms with van der Waals surface area (Å²) >= 11 is 0. The van der Waals surface area contributed by atoms with Crippen molar-refractivity contribution in [2.45, 2.75) is 39.7 Å². The highest BCUT2D eigenvalue weighted by atomic mass is 16.5. The molecule has 8 heteroatoms. The van der Waals surface area contributed by atoms with Crippen molar-refractivity contribution in [2.75, 3.05) is 25.1 Å². The standard InChI is InChI=1S/C26H28N4O4/c1-26(2,3)23-9-15-8-18(16-12-27-25(28-13-16)29-6-5-7-29)22(34-4)10-17(15)20-11-21(31)19(24(32)33)14-30(20)23/h8,10-14,23H,5-7,9H2,1-4H3,(H,32,33). The Hall–Kier alpha value is -3.68. The van der Waals surface area contributed by atoms with E-state index in [1.54, 1.807) is 7.11 Å². The third-order valence-corrected chi connectivity index (χ3v) is 6.85. The number of anilines is 1. The lowest BCUT2D eigenvalue weighted by Gasteiger charge is -2.39. The van der Waals surface area contributed by atoms with Gasteiger partial charge in [0.05, 0.1) is 12.8 Å². The molecular formula is C26H28N4O4. The number of benzene rings is 1. The van der Waals surface area contributed by atoms with Crippen LogP contribution in [-0.4, -0.2) is 45.8 Å². The van der Waals surface area contributed by atoms with Gasteiger partial charge in [0.1, 0.15) is 11.3 Å². The Morgan fingerprint density at radius 1 is 1.12 bits per heavy atom. The smallest absolute Gasteiger partial charge is 0.341 e.